The molecule has 0 unspecified atom stereocenters. The maximum atomic E-state index is 10.6. The Balaban J connectivity index is 2.18. The van der Waals surface area contributed by atoms with Gasteiger partial charge in [-0.15, -0.1) is 0 Å². The lowest BCUT2D eigenvalue weighted by Gasteiger charge is -2.43. The molecule has 0 aromatic heterocycles. The predicted molar refractivity (Wildman–Crippen MR) is 100 cm³/mol. The minimum atomic E-state index is -1.98. The molecule has 0 amide bonds. The van der Waals surface area contributed by atoms with Gasteiger partial charge in [0.05, 0.1) is 19.8 Å². The van der Waals surface area contributed by atoms with Crippen molar-refractivity contribution in [3.8, 4) is 0 Å². The maximum absolute atomic E-state index is 10.6. The van der Waals surface area contributed by atoms with E-state index in [-0.39, 0.29) is 12.9 Å². The van der Waals surface area contributed by atoms with Crippen molar-refractivity contribution in [2.24, 2.45) is 0 Å². The molecule has 1 aliphatic rings. The summed E-state index contributed by atoms with van der Waals surface area (Å²) >= 11 is 0. The van der Waals surface area contributed by atoms with E-state index in [1.165, 1.54) is 0 Å². The van der Waals surface area contributed by atoms with Crippen LogP contribution in [0.25, 0.3) is 0 Å². The lowest BCUT2D eigenvalue weighted by Crippen LogP contribution is -2.61. The van der Waals surface area contributed by atoms with E-state index in [2.05, 4.69) is 0 Å². The smallest absolute Gasteiger partial charge is 0.187 e. The molecule has 170 valence electrons. The van der Waals surface area contributed by atoms with E-state index in [0.29, 0.717) is 0 Å². The van der Waals surface area contributed by atoms with Crippen molar-refractivity contribution in [2.45, 2.75) is 55.6 Å². The highest BCUT2D eigenvalue weighted by atomic mass is 16.7. The molecule has 1 aromatic rings. The van der Waals surface area contributed by atoms with Crippen LogP contribution in [0.2, 0.25) is 0 Å². The Morgan fingerprint density at radius 1 is 1.10 bits per heavy atom. The summed E-state index contributed by atoms with van der Waals surface area (Å²) in [6.45, 7) is -1.52. The van der Waals surface area contributed by atoms with Gasteiger partial charge in [-0.25, -0.2) is 0 Å². The van der Waals surface area contributed by atoms with Crippen LogP contribution in [0.3, 0.4) is 0 Å². The van der Waals surface area contributed by atoms with E-state index < -0.39 is 68.0 Å². The average Bonchev–Trinajstić information content (AvgIpc) is 2.77. The second kappa shape index (κ2) is 11.6. The van der Waals surface area contributed by atoms with Crippen molar-refractivity contribution >= 4 is 0 Å². The van der Waals surface area contributed by atoms with Crippen LogP contribution in [-0.2, 0) is 20.8 Å². The molecule has 0 bridgehead atoms. The summed E-state index contributed by atoms with van der Waals surface area (Å²) in [5.41, 5.74) is 0.753. The van der Waals surface area contributed by atoms with E-state index in [0.717, 1.165) is 5.56 Å². The Bertz CT molecular complexity index is 655. The molecule has 1 saturated heterocycles. The van der Waals surface area contributed by atoms with Gasteiger partial charge in [0.15, 0.2) is 12.0 Å². The molecule has 1 aromatic carbocycles. The molecule has 1 fully saturated rings. The highest BCUT2D eigenvalue weighted by Gasteiger charge is 2.47. The second-order valence-electron chi connectivity index (χ2n) is 6.82. The van der Waals surface area contributed by atoms with E-state index in [1.807, 2.05) is 6.07 Å². The summed E-state index contributed by atoms with van der Waals surface area (Å²) in [5, 5.41) is 78.0. The van der Waals surface area contributed by atoms with Crippen molar-refractivity contribution in [1.29, 1.82) is 0 Å². The zero-order valence-electron chi connectivity index (χ0n) is 16.0. The molecule has 11 heteroatoms. The van der Waals surface area contributed by atoms with Gasteiger partial charge in [0.2, 0.25) is 0 Å². The van der Waals surface area contributed by atoms with Crippen LogP contribution >= 0.6 is 0 Å². The monoisotopic (exact) mass is 432 g/mol. The number of aliphatic hydroxyl groups excluding tert-OH is 8. The van der Waals surface area contributed by atoms with Crippen molar-refractivity contribution in [3.05, 3.63) is 47.9 Å². The quantitative estimate of drug-likeness (QED) is 0.192. The highest BCUT2D eigenvalue weighted by molar-refractivity contribution is 5.13. The number of aliphatic hydroxyl groups is 8. The van der Waals surface area contributed by atoms with Crippen molar-refractivity contribution in [3.63, 3.8) is 0 Å². The summed E-state index contributed by atoms with van der Waals surface area (Å²) in [4.78, 5) is 0. The molecular formula is C19H28O11. The third-order valence-electron chi connectivity index (χ3n) is 4.71. The molecule has 11 nitrogen and oxygen atoms in total. The lowest BCUT2D eigenvalue weighted by molar-refractivity contribution is -0.330. The largest absolute Gasteiger partial charge is 0.512 e. The summed E-state index contributed by atoms with van der Waals surface area (Å²) in [6, 6.07) is 8.90. The number of hydrogen-bond donors (Lipinski definition) is 8. The fourth-order valence-corrected chi connectivity index (χ4v) is 3.01. The van der Waals surface area contributed by atoms with Gasteiger partial charge in [-0.3, -0.25) is 0 Å². The van der Waals surface area contributed by atoms with Crippen LogP contribution < -0.4 is 0 Å². The summed E-state index contributed by atoms with van der Waals surface area (Å²) in [6.07, 6.45) is -12.5. The normalized spacial score (nSPS) is 30.6. The number of benzene rings is 1. The van der Waals surface area contributed by atoms with Gasteiger partial charge in [0.1, 0.15) is 49.0 Å². The highest BCUT2D eigenvalue weighted by Crippen LogP contribution is 2.27. The summed E-state index contributed by atoms with van der Waals surface area (Å²) < 4.78 is 16.3. The molecule has 1 heterocycles. The van der Waals surface area contributed by atoms with Crippen LogP contribution in [0, 0.1) is 0 Å². The van der Waals surface area contributed by atoms with Crippen LogP contribution in [0.1, 0.15) is 5.56 Å². The standard InChI is InChI=1S/C19H28O11/c20-6-11(23)14(25)17(12(24)7-21)30-19-16(27)18(15(26)13(8-22)29-19)28-9-10-4-2-1-3-5-10/h1-6,12-27H,7-9H2/b11-6-/t12-,13-,14-,15+,16-,17-,18+,19+/m1/s1. The number of rotatable bonds is 10. The molecule has 0 saturated carbocycles. The van der Waals surface area contributed by atoms with Gasteiger partial charge < -0.3 is 55.1 Å². The van der Waals surface area contributed by atoms with Gasteiger partial charge in [0.25, 0.3) is 0 Å². The van der Waals surface area contributed by atoms with E-state index in [9.17, 15) is 35.7 Å². The van der Waals surface area contributed by atoms with Gasteiger partial charge in [0, 0.05) is 0 Å². The van der Waals surface area contributed by atoms with E-state index >= 15 is 0 Å². The Kier molecular flexibility index (Phi) is 9.42. The summed E-state index contributed by atoms with van der Waals surface area (Å²) in [7, 11) is 0. The molecule has 0 spiro atoms. The number of ether oxygens (including phenoxy) is 3. The van der Waals surface area contributed by atoms with Gasteiger partial charge in [-0.05, 0) is 5.56 Å². The first-order chi connectivity index (χ1) is 14.3. The molecule has 2 rings (SSSR count). The van der Waals surface area contributed by atoms with Crippen LogP contribution in [0.5, 0.6) is 0 Å². The zero-order chi connectivity index (χ0) is 22.3. The van der Waals surface area contributed by atoms with Crippen molar-refractivity contribution in [2.75, 3.05) is 13.2 Å². The fourth-order valence-electron chi connectivity index (χ4n) is 3.01. The second-order valence-corrected chi connectivity index (χ2v) is 6.82. The number of hydrogen-bond acceptors (Lipinski definition) is 11. The van der Waals surface area contributed by atoms with Crippen LogP contribution in [0.4, 0.5) is 0 Å². The van der Waals surface area contributed by atoms with Crippen molar-refractivity contribution < 1.29 is 55.1 Å². The molecular weight excluding hydrogens is 404 g/mol. The lowest BCUT2D eigenvalue weighted by atomic mass is 9.98. The zero-order valence-corrected chi connectivity index (χ0v) is 16.0. The third kappa shape index (κ3) is 5.88. The van der Waals surface area contributed by atoms with Gasteiger partial charge >= 0.3 is 0 Å². The van der Waals surface area contributed by atoms with Gasteiger partial charge in [-0.2, -0.15) is 0 Å². The first-order valence-corrected chi connectivity index (χ1v) is 9.27. The molecule has 0 radical (unpaired) electrons. The Hall–Kier alpha value is -1.80. The Morgan fingerprint density at radius 2 is 1.77 bits per heavy atom. The van der Waals surface area contributed by atoms with Crippen LogP contribution in [0.15, 0.2) is 42.4 Å². The van der Waals surface area contributed by atoms with Crippen molar-refractivity contribution in [1.82, 2.24) is 0 Å². The minimum absolute atomic E-state index is 0.0177. The third-order valence-corrected chi connectivity index (χ3v) is 4.71. The average molecular weight is 432 g/mol. The topological polar surface area (TPSA) is 190 Å². The van der Waals surface area contributed by atoms with E-state index in [4.69, 9.17) is 19.3 Å². The van der Waals surface area contributed by atoms with Crippen LogP contribution in [-0.4, -0.2) is 103 Å². The molecule has 8 N–H and O–H groups in total. The SMILES string of the molecule is O/C=C(\O)[C@@H](O)[C@H](O[C@@H]1O[C@H](CO)[C@H](O)[C@H](OCc2ccccc2)[C@H]1O)[C@H](O)CO. The minimum Gasteiger partial charge on any atom is -0.512 e. The maximum Gasteiger partial charge on any atom is 0.187 e. The molecule has 30 heavy (non-hydrogen) atoms. The first kappa shape index (κ1) is 24.5. The predicted octanol–water partition coefficient (Wildman–Crippen LogP) is -1.93. The Labute approximate surface area is 172 Å². The van der Waals surface area contributed by atoms with E-state index in [1.54, 1.807) is 24.3 Å². The molecule has 0 aliphatic carbocycles. The fraction of sp³-hybridized carbons (Fsp3) is 0.579. The summed E-state index contributed by atoms with van der Waals surface area (Å²) in [5.74, 6) is -0.964. The van der Waals surface area contributed by atoms with Gasteiger partial charge in [-0.1, -0.05) is 30.3 Å². The Morgan fingerprint density at radius 3 is 2.33 bits per heavy atom. The first-order valence-electron chi connectivity index (χ1n) is 9.27. The molecule has 1 aliphatic heterocycles. The molecule has 8 atom stereocenters.